The Morgan fingerprint density at radius 2 is 2.29 bits per heavy atom. The van der Waals surface area contributed by atoms with Gasteiger partial charge < -0.3 is 10.5 Å². The third-order valence-corrected chi connectivity index (χ3v) is 2.20. The van der Waals surface area contributed by atoms with Gasteiger partial charge in [-0.05, 0) is 12.5 Å². The lowest BCUT2D eigenvalue weighted by Gasteiger charge is -2.10. The summed E-state index contributed by atoms with van der Waals surface area (Å²) in [7, 11) is 0. The first-order valence-electron chi connectivity index (χ1n) is 5.20. The molecule has 17 heavy (non-hydrogen) atoms. The quantitative estimate of drug-likeness (QED) is 0.477. The van der Waals surface area contributed by atoms with E-state index in [0.717, 1.165) is 0 Å². The van der Waals surface area contributed by atoms with Crippen LogP contribution < -0.4 is 5.73 Å². The highest BCUT2D eigenvalue weighted by molar-refractivity contribution is 5.70. The van der Waals surface area contributed by atoms with Crippen molar-refractivity contribution < 1.29 is 14.5 Å². The number of nitro groups is 1. The van der Waals surface area contributed by atoms with Gasteiger partial charge in [0, 0.05) is 18.2 Å². The van der Waals surface area contributed by atoms with Crippen LogP contribution in [0.3, 0.4) is 0 Å². The minimum atomic E-state index is -0.589. The summed E-state index contributed by atoms with van der Waals surface area (Å²) in [5.41, 5.74) is 6.28. The standard InChI is InChI=1S/C11H14N2O4/c1-2-17-11(14)7-10(12)8-4-3-5-9(6-8)13(15)16/h3-6,10H,2,7,12H2,1H3/t10-/m0/s1. The summed E-state index contributed by atoms with van der Waals surface area (Å²) in [6, 6.07) is 5.34. The molecule has 0 aliphatic rings. The Balaban J connectivity index is 2.75. The number of nitrogens with two attached hydrogens (primary N) is 1. The van der Waals surface area contributed by atoms with Crippen LogP contribution in [0.5, 0.6) is 0 Å². The summed E-state index contributed by atoms with van der Waals surface area (Å²) in [5, 5.41) is 10.6. The number of non-ortho nitro benzene ring substituents is 1. The number of benzene rings is 1. The molecule has 0 fully saturated rings. The fraction of sp³-hybridized carbons (Fsp3) is 0.364. The SMILES string of the molecule is CCOC(=O)C[C@H](N)c1cccc([N+](=O)[O-])c1. The average molecular weight is 238 g/mol. The number of carbonyl (C=O) groups is 1. The Hall–Kier alpha value is -1.95. The lowest BCUT2D eigenvalue weighted by atomic mass is 10.0. The minimum absolute atomic E-state index is 0.00894. The van der Waals surface area contributed by atoms with Crippen LogP contribution in [0.4, 0.5) is 5.69 Å². The van der Waals surface area contributed by atoms with Crippen LogP contribution in [-0.4, -0.2) is 17.5 Å². The zero-order chi connectivity index (χ0) is 12.8. The molecular formula is C11H14N2O4. The van der Waals surface area contributed by atoms with Gasteiger partial charge in [-0.3, -0.25) is 14.9 Å². The van der Waals surface area contributed by atoms with Crippen molar-refractivity contribution >= 4 is 11.7 Å². The predicted molar refractivity (Wildman–Crippen MR) is 61.3 cm³/mol. The monoisotopic (exact) mass is 238 g/mol. The van der Waals surface area contributed by atoms with E-state index in [1.807, 2.05) is 0 Å². The topological polar surface area (TPSA) is 95.5 Å². The number of esters is 1. The van der Waals surface area contributed by atoms with E-state index in [0.29, 0.717) is 12.2 Å². The second-order valence-electron chi connectivity index (χ2n) is 3.47. The van der Waals surface area contributed by atoms with Gasteiger partial charge >= 0.3 is 5.97 Å². The molecule has 1 rings (SSSR count). The number of hydrogen-bond acceptors (Lipinski definition) is 5. The Kier molecular flexibility index (Phi) is 4.59. The summed E-state index contributed by atoms with van der Waals surface area (Å²) in [5.74, 6) is -0.411. The van der Waals surface area contributed by atoms with Crippen LogP contribution in [0.25, 0.3) is 0 Å². The van der Waals surface area contributed by atoms with Crippen molar-refractivity contribution in [1.82, 2.24) is 0 Å². The van der Waals surface area contributed by atoms with E-state index in [1.165, 1.54) is 12.1 Å². The first-order valence-corrected chi connectivity index (χ1v) is 5.20. The van der Waals surface area contributed by atoms with Crippen LogP contribution in [0, 0.1) is 10.1 Å². The molecule has 0 heterocycles. The predicted octanol–water partition coefficient (Wildman–Crippen LogP) is 1.55. The molecule has 1 aromatic rings. The van der Waals surface area contributed by atoms with E-state index in [9.17, 15) is 14.9 Å². The first kappa shape index (κ1) is 13.1. The summed E-state index contributed by atoms with van der Waals surface area (Å²) in [6.07, 6.45) is 0.00894. The Morgan fingerprint density at radius 1 is 1.59 bits per heavy atom. The lowest BCUT2D eigenvalue weighted by Crippen LogP contribution is -2.17. The number of hydrogen-bond donors (Lipinski definition) is 1. The van der Waals surface area contributed by atoms with Gasteiger partial charge in [0.05, 0.1) is 18.0 Å². The van der Waals surface area contributed by atoms with Gasteiger partial charge in [0.15, 0.2) is 0 Å². The highest BCUT2D eigenvalue weighted by Crippen LogP contribution is 2.20. The van der Waals surface area contributed by atoms with Crippen molar-refractivity contribution in [1.29, 1.82) is 0 Å². The molecule has 0 spiro atoms. The summed E-state index contributed by atoms with van der Waals surface area (Å²) >= 11 is 0. The van der Waals surface area contributed by atoms with Crippen LogP contribution >= 0.6 is 0 Å². The molecule has 0 bridgehead atoms. The fourth-order valence-corrected chi connectivity index (χ4v) is 1.39. The summed E-state index contributed by atoms with van der Waals surface area (Å²) in [6.45, 7) is 2.00. The van der Waals surface area contributed by atoms with Gasteiger partial charge in [-0.2, -0.15) is 0 Å². The van der Waals surface area contributed by atoms with E-state index < -0.39 is 16.9 Å². The highest BCUT2D eigenvalue weighted by atomic mass is 16.6. The molecule has 0 aliphatic carbocycles. The molecule has 2 N–H and O–H groups in total. The van der Waals surface area contributed by atoms with Crippen molar-refractivity contribution in [3.05, 3.63) is 39.9 Å². The Labute approximate surface area is 98.5 Å². The molecule has 0 aliphatic heterocycles. The normalized spacial score (nSPS) is 11.9. The van der Waals surface area contributed by atoms with E-state index in [-0.39, 0.29) is 12.1 Å². The van der Waals surface area contributed by atoms with E-state index in [1.54, 1.807) is 19.1 Å². The molecule has 6 nitrogen and oxygen atoms in total. The lowest BCUT2D eigenvalue weighted by molar-refractivity contribution is -0.384. The van der Waals surface area contributed by atoms with Crippen molar-refractivity contribution in [3.8, 4) is 0 Å². The third kappa shape index (κ3) is 3.84. The Bertz CT molecular complexity index is 420. The number of carbonyl (C=O) groups excluding carboxylic acids is 1. The van der Waals surface area contributed by atoms with Gasteiger partial charge in [-0.15, -0.1) is 0 Å². The van der Waals surface area contributed by atoms with Gasteiger partial charge in [-0.1, -0.05) is 12.1 Å². The molecule has 1 aromatic carbocycles. The van der Waals surface area contributed by atoms with Gasteiger partial charge in [0.1, 0.15) is 0 Å². The smallest absolute Gasteiger partial charge is 0.307 e. The molecule has 6 heteroatoms. The van der Waals surface area contributed by atoms with Crippen LogP contribution in [0.2, 0.25) is 0 Å². The summed E-state index contributed by atoms with van der Waals surface area (Å²) in [4.78, 5) is 21.3. The Morgan fingerprint density at radius 3 is 2.88 bits per heavy atom. The van der Waals surface area contributed by atoms with E-state index >= 15 is 0 Å². The van der Waals surface area contributed by atoms with Crippen molar-refractivity contribution in [3.63, 3.8) is 0 Å². The maximum Gasteiger partial charge on any atom is 0.307 e. The number of ether oxygens (including phenoxy) is 1. The number of rotatable bonds is 5. The van der Waals surface area contributed by atoms with E-state index in [2.05, 4.69) is 0 Å². The first-order chi connectivity index (χ1) is 8.04. The molecule has 92 valence electrons. The molecule has 0 radical (unpaired) electrons. The second-order valence-corrected chi connectivity index (χ2v) is 3.47. The molecule has 1 atom stereocenters. The third-order valence-electron chi connectivity index (χ3n) is 2.20. The van der Waals surface area contributed by atoms with Gasteiger partial charge in [-0.25, -0.2) is 0 Å². The van der Waals surface area contributed by atoms with Crippen molar-refractivity contribution in [2.24, 2.45) is 5.73 Å². The fourth-order valence-electron chi connectivity index (χ4n) is 1.39. The molecule has 0 amide bonds. The average Bonchev–Trinajstić information content (AvgIpc) is 2.29. The highest BCUT2D eigenvalue weighted by Gasteiger charge is 2.15. The van der Waals surface area contributed by atoms with Gasteiger partial charge in [0.25, 0.3) is 5.69 Å². The number of nitro benzene ring substituents is 1. The second kappa shape index (κ2) is 5.95. The molecule has 0 unspecified atom stereocenters. The molecule has 0 saturated carbocycles. The van der Waals surface area contributed by atoms with Gasteiger partial charge in [0.2, 0.25) is 0 Å². The molecule has 0 aromatic heterocycles. The molecule has 0 saturated heterocycles. The number of nitrogens with zero attached hydrogens (tertiary/aromatic N) is 1. The van der Waals surface area contributed by atoms with Crippen molar-refractivity contribution in [2.45, 2.75) is 19.4 Å². The zero-order valence-corrected chi connectivity index (χ0v) is 9.46. The van der Waals surface area contributed by atoms with Crippen molar-refractivity contribution in [2.75, 3.05) is 6.61 Å². The molecular weight excluding hydrogens is 224 g/mol. The largest absolute Gasteiger partial charge is 0.466 e. The van der Waals surface area contributed by atoms with Crippen LogP contribution in [0.15, 0.2) is 24.3 Å². The maximum absolute atomic E-state index is 11.2. The van der Waals surface area contributed by atoms with Crippen LogP contribution in [-0.2, 0) is 9.53 Å². The summed E-state index contributed by atoms with van der Waals surface area (Å²) < 4.78 is 4.76. The zero-order valence-electron chi connectivity index (χ0n) is 9.46. The van der Waals surface area contributed by atoms with Crippen LogP contribution in [0.1, 0.15) is 24.9 Å². The minimum Gasteiger partial charge on any atom is -0.466 e. The maximum atomic E-state index is 11.2. The van der Waals surface area contributed by atoms with E-state index in [4.69, 9.17) is 10.5 Å².